The molecule has 0 aromatic carbocycles. The highest BCUT2D eigenvalue weighted by Crippen LogP contribution is 2.51. The number of ether oxygens (including phenoxy) is 1. The maximum absolute atomic E-state index is 12.2. The number of hydrogen-bond donors (Lipinski definition) is 0. The molecule has 1 atom stereocenters. The van der Waals surface area contributed by atoms with E-state index in [1.54, 1.807) is 0 Å². The minimum atomic E-state index is -0.162. The van der Waals surface area contributed by atoms with Crippen LogP contribution in [-0.4, -0.2) is 18.4 Å². The molecule has 0 radical (unpaired) electrons. The minimum Gasteiger partial charge on any atom is -0.466 e. The molecule has 2 fully saturated rings. The molecule has 0 aromatic heterocycles. The summed E-state index contributed by atoms with van der Waals surface area (Å²) in [7, 11) is 0. The van der Waals surface area contributed by atoms with Gasteiger partial charge < -0.3 is 4.74 Å². The van der Waals surface area contributed by atoms with Crippen LogP contribution in [0.25, 0.3) is 0 Å². The van der Waals surface area contributed by atoms with Gasteiger partial charge in [0.1, 0.15) is 5.78 Å². The van der Waals surface area contributed by atoms with Crippen LogP contribution in [0.3, 0.4) is 0 Å². The average molecular weight is 238 g/mol. The van der Waals surface area contributed by atoms with Crippen LogP contribution in [0.5, 0.6) is 0 Å². The third kappa shape index (κ3) is 2.38. The van der Waals surface area contributed by atoms with E-state index in [4.69, 9.17) is 4.74 Å². The third-order valence-corrected chi connectivity index (χ3v) is 4.51. The Kier molecular flexibility index (Phi) is 3.85. The largest absolute Gasteiger partial charge is 0.466 e. The molecule has 3 nitrogen and oxygen atoms in total. The van der Waals surface area contributed by atoms with Crippen LogP contribution in [0.2, 0.25) is 0 Å². The van der Waals surface area contributed by atoms with E-state index in [2.05, 4.69) is 0 Å². The molecular weight excluding hydrogens is 216 g/mol. The van der Waals surface area contributed by atoms with E-state index in [-0.39, 0.29) is 17.3 Å². The molecule has 17 heavy (non-hydrogen) atoms. The molecular formula is C14H22O3. The predicted molar refractivity (Wildman–Crippen MR) is 64.5 cm³/mol. The Hall–Kier alpha value is -0.860. The molecule has 3 heteroatoms. The fourth-order valence-corrected chi connectivity index (χ4v) is 3.67. The second-order valence-corrected chi connectivity index (χ2v) is 5.38. The van der Waals surface area contributed by atoms with E-state index in [0.29, 0.717) is 18.8 Å². The minimum absolute atomic E-state index is 0.126. The first-order valence-electron chi connectivity index (χ1n) is 6.88. The predicted octanol–water partition coefficient (Wildman–Crippen LogP) is 2.87. The maximum Gasteiger partial charge on any atom is 0.306 e. The Morgan fingerprint density at radius 2 is 2.06 bits per heavy atom. The van der Waals surface area contributed by atoms with Crippen molar-refractivity contribution in [2.45, 2.75) is 58.3 Å². The van der Waals surface area contributed by atoms with Gasteiger partial charge >= 0.3 is 5.97 Å². The van der Waals surface area contributed by atoms with Gasteiger partial charge in [-0.2, -0.15) is 0 Å². The highest BCUT2D eigenvalue weighted by molar-refractivity contribution is 5.87. The van der Waals surface area contributed by atoms with Crippen molar-refractivity contribution in [3.8, 4) is 0 Å². The summed E-state index contributed by atoms with van der Waals surface area (Å²) in [5.74, 6) is 0.527. The lowest BCUT2D eigenvalue weighted by atomic mass is 9.63. The Labute approximate surface area is 103 Å². The summed E-state index contributed by atoms with van der Waals surface area (Å²) in [6.45, 7) is 2.27. The van der Waals surface area contributed by atoms with Gasteiger partial charge in [0.25, 0.3) is 0 Å². The number of hydrogen-bond acceptors (Lipinski definition) is 3. The molecule has 0 amide bonds. The van der Waals surface area contributed by atoms with Gasteiger partial charge in [-0.1, -0.05) is 12.8 Å². The van der Waals surface area contributed by atoms with Gasteiger partial charge in [0.15, 0.2) is 0 Å². The molecule has 0 aromatic rings. The number of carbonyl (C=O) groups excluding carboxylic acids is 2. The summed E-state index contributed by atoms with van der Waals surface area (Å²) in [5.41, 5.74) is -0.162. The summed E-state index contributed by atoms with van der Waals surface area (Å²) in [6.07, 6.45) is 7.41. The lowest BCUT2D eigenvalue weighted by Gasteiger charge is -2.39. The van der Waals surface area contributed by atoms with Crippen molar-refractivity contribution < 1.29 is 14.3 Å². The molecule has 2 saturated carbocycles. The van der Waals surface area contributed by atoms with Crippen molar-refractivity contribution in [2.75, 3.05) is 6.61 Å². The van der Waals surface area contributed by atoms with Crippen LogP contribution in [0.4, 0.5) is 0 Å². The van der Waals surface area contributed by atoms with Gasteiger partial charge in [-0.15, -0.1) is 0 Å². The summed E-state index contributed by atoms with van der Waals surface area (Å²) in [5, 5.41) is 0. The van der Waals surface area contributed by atoms with Crippen molar-refractivity contribution in [2.24, 2.45) is 11.3 Å². The first-order valence-corrected chi connectivity index (χ1v) is 6.88. The standard InChI is InChI=1S/C14H22O3/c1-2-17-13(16)10-11-6-5-7-12(15)14(11)8-3-4-9-14/h11H,2-10H2,1H3. The summed E-state index contributed by atoms with van der Waals surface area (Å²) >= 11 is 0. The van der Waals surface area contributed by atoms with Crippen molar-refractivity contribution in [3.05, 3.63) is 0 Å². The fraction of sp³-hybridized carbons (Fsp3) is 0.857. The van der Waals surface area contributed by atoms with E-state index in [0.717, 1.165) is 44.9 Å². The molecule has 0 saturated heterocycles. The monoisotopic (exact) mass is 238 g/mol. The Morgan fingerprint density at radius 3 is 2.71 bits per heavy atom. The van der Waals surface area contributed by atoms with Crippen LogP contribution in [-0.2, 0) is 14.3 Å². The second kappa shape index (κ2) is 5.19. The number of carbonyl (C=O) groups is 2. The van der Waals surface area contributed by atoms with Crippen LogP contribution in [0.1, 0.15) is 58.3 Å². The number of ketones is 1. The number of Topliss-reactive ketones (excluding diaryl/α,β-unsaturated/α-hetero) is 1. The van der Waals surface area contributed by atoms with Crippen molar-refractivity contribution >= 4 is 11.8 Å². The SMILES string of the molecule is CCOC(=O)CC1CCCC(=O)C12CCCC2. The zero-order chi connectivity index (χ0) is 12.3. The van der Waals surface area contributed by atoms with E-state index in [1.807, 2.05) is 6.92 Å². The van der Waals surface area contributed by atoms with Gasteiger partial charge in [0.2, 0.25) is 0 Å². The zero-order valence-corrected chi connectivity index (χ0v) is 10.7. The smallest absolute Gasteiger partial charge is 0.306 e. The highest BCUT2D eigenvalue weighted by Gasteiger charge is 2.49. The normalized spacial score (nSPS) is 27.4. The summed E-state index contributed by atoms with van der Waals surface area (Å²) < 4.78 is 5.03. The van der Waals surface area contributed by atoms with Gasteiger partial charge in [0.05, 0.1) is 6.61 Å². The van der Waals surface area contributed by atoms with E-state index >= 15 is 0 Å². The molecule has 1 unspecified atom stereocenters. The Morgan fingerprint density at radius 1 is 1.35 bits per heavy atom. The van der Waals surface area contributed by atoms with Crippen LogP contribution in [0.15, 0.2) is 0 Å². The first-order chi connectivity index (χ1) is 8.19. The van der Waals surface area contributed by atoms with Crippen molar-refractivity contribution in [1.29, 1.82) is 0 Å². The van der Waals surface area contributed by atoms with Crippen molar-refractivity contribution in [1.82, 2.24) is 0 Å². The molecule has 96 valence electrons. The molecule has 0 N–H and O–H groups in total. The second-order valence-electron chi connectivity index (χ2n) is 5.38. The molecule has 1 spiro atoms. The van der Waals surface area contributed by atoms with Gasteiger partial charge in [-0.3, -0.25) is 9.59 Å². The van der Waals surface area contributed by atoms with Gasteiger partial charge in [0, 0.05) is 18.3 Å². The lowest BCUT2D eigenvalue weighted by Crippen LogP contribution is -2.40. The van der Waals surface area contributed by atoms with Crippen LogP contribution < -0.4 is 0 Å². The van der Waals surface area contributed by atoms with E-state index < -0.39 is 0 Å². The Bertz CT molecular complexity index is 303. The molecule has 0 aliphatic heterocycles. The topological polar surface area (TPSA) is 43.4 Å². The lowest BCUT2D eigenvalue weighted by molar-refractivity contribution is -0.148. The molecule has 2 aliphatic carbocycles. The third-order valence-electron chi connectivity index (χ3n) is 4.51. The quantitative estimate of drug-likeness (QED) is 0.710. The highest BCUT2D eigenvalue weighted by atomic mass is 16.5. The first kappa shape index (κ1) is 12.6. The van der Waals surface area contributed by atoms with E-state index in [9.17, 15) is 9.59 Å². The molecule has 0 heterocycles. The molecule has 0 bridgehead atoms. The van der Waals surface area contributed by atoms with Gasteiger partial charge in [-0.05, 0) is 38.5 Å². The van der Waals surface area contributed by atoms with Crippen molar-refractivity contribution in [3.63, 3.8) is 0 Å². The average Bonchev–Trinajstić information content (AvgIpc) is 2.76. The zero-order valence-electron chi connectivity index (χ0n) is 10.7. The number of rotatable bonds is 3. The fourth-order valence-electron chi connectivity index (χ4n) is 3.67. The maximum atomic E-state index is 12.2. The number of esters is 1. The molecule has 2 rings (SSSR count). The van der Waals surface area contributed by atoms with Crippen LogP contribution >= 0.6 is 0 Å². The summed E-state index contributed by atoms with van der Waals surface area (Å²) in [6, 6.07) is 0. The van der Waals surface area contributed by atoms with Crippen LogP contribution in [0, 0.1) is 11.3 Å². The Balaban J connectivity index is 2.07. The van der Waals surface area contributed by atoms with Gasteiger partial charge in [-0.25, -0.2) is 0 Å². The molecule has 2 aliphatic rings. The summed E-state index contributed by atoms with van der Waals surface area (Å²) in [4.78, 5) is 23.8. The van der Waals surface area contributed by atoms with E-state index in [1.165, 1.54) is 0 Å².